The Balaban J connectivity index is 2.82. The van der Waals surface area contributed by atoms with Crippen LogP contribution in [0.1, 0.15) is 12.5 Å². The van der Waals surface area contributed by atoms with E-state index >= 15 is 0 Å². The number of hydrogen-bond acceptors (Lipinski definition) is 2. The number of benzene rings is 1. The molecule has 0 spiro atoms. The van der Waals surface area contributed by atoms with Gasteiger partial charge >= 0.3 is 0 Å². The fraction of sp³-hybridized carbons (Fsp3) is 0.333. The molecule has 2 N–H and O–H groups in total. The van der Waals surface area contributed by atoms with Gasteiger partial charge in [0.25, 0.3) is 0 Å². The SMILES string of the molecule is CC(O)Cc1ccc(O)c(Br)c1. The predicted octanol–water partition coefficient (Wildman–Crippen LogP) is 2.08. The molecule has 1 unspecified atom stereocenters. The van der Waals surface area contributed by atoms with Crippen molar-refractivity contribution in [3.63, 3.8) is 0 Å². The molecule has 1 aromatic rings. The number of phenols is 1. The van der Waals surface area contributed by atoms with E-state index in [4.69, 9.17) is 10.2 Å². The Kier molecular flexibility index (Phi) is 3.12. The van der Waals surface area contributed by atoms with Gasteiger partial charge in [-0.15, -0.1) is 0 Å². The van der Waals surface area contributed by atoms with Gasteiger partial charge in [0.1, 0.15) is 5.75 Å². The lowest BCUT2D eigenvalue weighted by Gasteiger charge is -2.05. The lowest BCUT2D eigenvalue weighted by molar-refractivity contribution is 0.195. The van der Waals surface area contributed by atoms with Crippen LogP contribution in [0.4, 0.5) is 0 Å². The summed E-state index contributed by atoms with van der Waals surface area (Å²) in [6.45, 7) is 1.74. The first-order valence-electron chi connectivity index (χ1n) is 3.75. The van der Waals surface area contributed by atoms with Crippen molar-refractivity contribution in [1.29, 1.82) is 0 Å². The van der Waals surface area contributed by atoms with Gasteiger partial charge in [-0.1, -0.05) is 6.07 Å². The Bertz CT molecular complexity index is 271. The summed E-state index contributed by atoms with van der Waals surface area (Å²) in [7, 11) is 0. The van der Waals surface area contributed by atoms with E-state index in [0.717, 1.165) is 5.56 Å². The molecule has 1 aromatic carbocycles. The van der Waals surface area contributed by atoms with E-state index in [1.807, 2.05) is 6.07 Å². The summed E-state index contributed by atoms with van der Waals surface area (Å²) < 4.78 is 0.667. The van der Waals surface area contributed by atoms with Gasteiger partial charge in [0.15, 0.2) is 0 Å². The summed E-state index contributed by atoms with van der Waals surface area (Å²) in [5.41, 5.74) is 1.01. The van der Waals surface area contributed by atoms with Gasteiger partial charge in [0.2, 0.25) is 0 Å². The Hall–Kier alpha value is -0.540. The highest BCUT2D eigenvalue weighted by molar-refractivity contribution is 9.10. The molecule has 0 bridgehead atoms. The molecule has 1 rings (SSSR count). The molecule has 0 heterocycles. The molecule has 66 valence electrons. The number of aromatic hydroxyl groups is 1. The van der Waals surface area contributed by atoms with Crippen molar-refractivity contribution in [2.75, 3.05) is 0 Å². The third kappa shape index (κ3) is 2.50. The highest BCUT2D eigenvalue weighted by atomic mass is 79.9. The van der Waals surface area contributed by atoms with Gasteiger partial charge in [0, 0.05) is 0 Å². The lowest BCUT2D eigenvalue weighted by atomic mass is 10.1. The van der Waals surface area contributed by atoms with Crippen LogP contribution in [0.2, 0.25) is 0 Å². The van der Waals surface area contributed by atoms with Crippen molar-refractivity contribution in [2.24, 2.45) is 0 Å². The van der Waals surface area contributed by atoms with Crippen molar-refractivity contribution in [3.05, 3.63) is 28.2 Å². The van der Waals surface area contributed by atoms with Crippen molar-refractivity contribution in [3.8, 4) is 5.75 Å². The van der Waals surface area contributed by atoms with Crippen LogP contribution in [0.5, 0.6) is 5.75 Å². The molecule has 3 heteroatoms. The van der Waals surface area contributed by atoms with Crippen molar-refractivity contribution >= 4 is 15.9 Å². The zero-order valence-corrected chi connectivity index (χ0v) is 8.37. The number of phenolic OH excluding ortho intramolecular Hbond substituents is 1. The Morgan fingerprint density at radius 1 is 1.50 bits per heavy atom. The molecule has 0 aliphatic heterocycles. The van der Waals surface area contributed by atoms with Crippen LogP contribution in [0.3, 0.4) is 0 Å². The summed E-state index contributed by atoms with van der Waals surface area (Å²) in [6.07, 6.45) is 0.264. The van der Waals surface area contributed by atoms with Crippen molar-refractivity contribution in [1.82, 2.24) is 0 Å². The van der Waals surface area contributed by atoms with Crippen molar-refractivity contribution < 1.29 is 10.2 Å². The van der Waals surface area contributed by atoms with Gasteiger partial charge in [-0.3, -0.25) is 0 Å². The summed E-state index contributed by atoms with van der Waals surface area (Å²) in [5.74, 6) is 0.226. The number of halogens is 1. The first kappa shape index (κ1) is 9.55. The molecular formula is C9H11BrO2. The van der Waals surface area contributed by atoms with Crippen molar-refractivity contribution in [2.45, 2.75) is 19.4 Å². The monoisotopic (exact) mass is 230 g/mol. The van der Waals surface area contributed by atoms with Crippen LogP contribution in [0, 0.1) is 0 Å². The average molecular weight is 231 g/mol. The molecular weight excluding hydrogens is 220 g/mol. The van der Waals surface area contributed by atoms with E-state index in [0.29, 0.717) is 10.9 Å². The molecule has 1 atom stereocenters. The van der Waals surface area contributed by atoms with E-state index in [1.165, 1.54) is 0 Å². The molecule has 0 aromatic heterocycles. The number of hydrogen-bond donors (Lipinski definition) is 2. The van der Waals surface area contributed by atoms with Gasteiger partial charge in [-0.05, 0) is 47.0 Å². The number of aliphatic hydroxyl groups excluding tert-OH is 1. The minimum Gasteiger partial charge on any atom is -0.507 e. The lowest BCUT2D eigenvalue weighted by Crippen LogP contribution is -2.03. The zero-order valence-electron chi connectivity index (χ0n) is 6.79. The van der Waals surface area contributed by atoms with Crippen LogP contribution >= 0.6 is 15.9 Å². The second-order valence-corrected chi connectivity index (χ2v) is 3.69. The fourth-order valence-electron chi connectivity index (χ4n) is 1.02. The van der Waals surface area contributed by atoms with Gasteiger partial charge in [-0.2, -0.15) is 0 Å². The largest absolute Gasteiger partial charge is 0.507 e. The molecule has 2 nitrogen and oxygen atoms in total. The van der Waals surface area contributed by atoms with Gasteiger partial charge < -0.3 is 10.2 Å². The smallest absolute Gasteiger partial charge is 0.129 e. The van der Waals surface area contributed by atoms with Crippen LogP contribution in [0.15, 0.2) is 22.7 Å². The van der Waals surface area contributed by atoms with Gasteiger partial charge in [-0.25, -0.2) is 0 Å². The Morgan fingerprint density at radius 2 is 2.17 bits per heavy atom. The first-order chi connectivity index (χ1) is 5.59. The molecule has 0 aliphatic carbocycles. The highest BCUT2D eigenvalue weighted by Gasteiger charge is 2.02. The van der Waals surface area contributed by atoms with E-state index in [-0.39, 0.29) is 11.9 Å². The number of aliphatic hydroxyl groups is 1. The maximum atomic E-state index is 9.17. The maximum absolute atomic E-state index is 9.17. The first-order valence-corrected chi connectivity index (χ1v) is 4.54. The Morgan fingerprint density at radius 3 is 2.67 bits per heavy atom. The summed E-state index contributed by atoms with van der Waals surface area (Å²) in [5, 5.41) is 18.3. The molecule has 0 radical (unpaired) electrons. The Labute approximate surface area is 80.0 Å². The van der Waals surface area contributed by atoms with E-state index in [1.54, 1.807) is 19.1 Å². The highest BCUT2D eigenvalue weighted by Crippen LogP contribution is 2.24. The zero-order chi connectivity index (χ0) is 9.14. The number of rotatable bonds is 2. The summed E-state index contributed by atoms with van der Waals surface area (Å²) in [6, 6.07) is 5.22. The topological polar surface area (TPSA) is 40.5 Å². The molecule has 0 saturated carbocycles. The standard InChI is InChI=1S/C9H11BrO2/c1-6(11)4-7-2-3-9(12)8(10)5-7/h2-3,5-6,11-12H,4H2,1H3. The third-order valence-electron chi connectivity index (χ3n) is 1.54. The average Bonchev–Trinajstić information content (AvgIpc) is 1.96. The summed E-state index contributed by atoms with van der Waals surface area (Å²) in [4.78, 5) is 0. The van der Waals surface area contributed by atoms with E-state index in [9.17, 15) is 0 Å². The second kappa shape index (κ2) is 3.92. The fourth-order valence-corrected chi connectivity index (χ4v) is 1.44. The molecule has 0 aliphatic rings. The normalized spacial score (nSPS) is 12.9. The predicted molar refractivity (Wildman–Crippen MR) is 51.2 cm³/mol. The molecule has 12 heavy (non-hydrogen) atoms. The van der Waals surface area contributed by atoms with Crippen LogP contribution < -0.4 is 0 Å². The van der Waals surface area contributed by atoms with Gasteiger partial charge in [0.05, 0.1) is 10.6 Å². The molecule has 0 fully saturated rings. The quantitative estimate of drug-likeness (QED) is 0.817. The summed E-state index contributed by atoms with van der Waals surface area (Å²) >= 11 is 3.20. The third-order valence-corrected chi connectivity index (χ3v) is 2.18. The molecule has 0 amide bonds. The van der Waals surface area contributed by atoms with E-state index in [2.05, 4.69) is 15.9 Å². The van der Waals surface area contributed by atoms with Crippen LogP contribution in [-0.4, -0.2) is 16.3 Å². The van der Waals surface area contributed by atoms with Crippen LogP contribution in [0.25, 0.3) is 0 Å². The minimum atomic E-state index is -0.346. The molecule has 0 saturated heterocycles. The maximum Gasteiger partial charge on any atom is 0.129 e. The minimum absolute atomic E-state index is 0.226. The van der Waals surface area contributed by atoms with Crippen LogP contribution in [-0.2, 0) is 6.42 Å². The second-order valence-electron chi connectivity index (χ2n) is 2.84. The van der Waals surface area contributed by atoms with E-state index < -0.39 is 0 Å².